The quantitative estimate of drug-likeness (QED) is 0.728. The number of amides is 1. The lowest BCUT2D eigenvalue weighted by atomic mass is 9.80. The zero-order valence-electron chi connectivity index (χ0n) is 12.2. The Morgan fingerprint density at radius 3 is 2.21 bits per heavy atom. The fourth-order valence-electron chi connectivity index (χ4n) is 2.65. The summed E-state index contributed by atoms with van der Waals surface area (Å²) < 4.78 is 0. The number of carbonyl (C=O) groups is 2. The first-order chi connectivity index (χ1) is 8.96. The number of carboxylic acids is 1. The average molecular weight is 269 g/mol. The third kappa shape index (κ3) is 5.21. The van der Waals surface area contributed by atoms with Crippen LogP contribution in [-0.4, -0.2) is 23.5 Å². The van der Waals surface area contributed by atoms with Crippen molar-refractivity contribution < 1.29 is 14.7 Å². The van der Waals surface area contributed by atoms with E-state index in [2.05, 4.69) is 19.2 Å². The molecule has 1 aliphatic rings. The molecule has 1 amide bonds. The molecule has 0 aliphatic heterocycles. The Hall–Kier alpha value is -1.06. The summed E-state index contributed by atoms with van der Waals surface area (Å²) >= 11 is 0. The second kappa shape index (κ2) is 7.51. The first-order valence-electron chi connectivity index (χ1n) is 7.46. The molecule has 0 unspecified atom stereocenters. The van der Waals surface area contributed by atoms with Crippen LogP contribution in [0.1, 0.15) is 65.2 Å². The summed E-state index contributed by atoms with van der Waals surface area (Å²) in [5, 5.41) is 12.3. The van der Waals surface area contributed by atoms with Crippen molar-refractivity contribution in [2.45, 2.75) is 65.2 Å². The van der Waals surface area contributed by atoms with E-state index in [9.17, 15) is 14.7 Å². The normalized spacial score (nSPS) is 18.9. The fraction of sp³-hybridized carbons (Fsp3) is 0.867. The SMILES string of the molecule is CC(C)CCC(=O)NCC1(C(=O)O)CCCCCC1. The molecule has 19 heavy (non-hydrogen) atoms. The topological polar surface area (TPSA) is 66.4 Å². The highest BCUT2D eigenvalue weighted by Crippen LogP contribution is 2.34. The molecular weight excluding hydrogens is 242 g/mol. The Morgan fingerprint density at radius 1 is 1.16 bits per heavy atom. The van der Waals surface area contributed by atoms with Crippen LogP contribution in [0, 0.1) is 11.3 Å². The van der Waals surface area contributed by atoms with Crippen LogP contribution in [0.15, 0.2) is 0 Å². The van der Waals surface area contributed by atoms with Crippen molar-refractivity contribution in [3.63, 3.8) is 0 Å². The molecule has 0 bridgehead atoms. The van der Waals surface area contributed by atoms with Gasteiger partial charge >= 0.3 is 5.97 Å². The van der Waals surface area contributed by atoms with Gasteiger partial charge in [-0.15, -0.1) is 0 Å². The van der Waals surface area contributed by atoms with Crippen molar-refractivity contribution in [1.29, 1.82) is 0 Å². The van der Waals surface area contributed by atoms with Gasteiger partial charge in [0.15, 0.2) is 0 Å². The van der Waals surface area contributed by atoms with Gasteiger partial charge in [-0.3, -0.25) is 9.59 Å². The number of carboxylic acid groups (broad SMARTS) is 1. The molecule has 110 valence electrons. The van der Waals surface area contributed by atoms with Crippen LogP contribution in [0.25, 0.3) is 0 Å². The zero-order chi connectivity index (χ0) is 14.3. The lowest BCUT2D eigenvalue weighted by Crippen LogP contribution is -2.42. The van der Waals surface area contributed by atoms with Crippen molar-refractivity contribution in [3.8, 4) is 0 Å². The van der Waals surface area contributed by atoms with E-state index in [1.165, 1.54) is 0 Å². The number of rotatable bonds is 6. The summed E-state index contributed by atoms with van der Waals surface area (Å²) in [5.41, 5.74) is -0.732. The Labute approximate surface area is 116 Å². The molecule has 1 aliphatic carbocycles. The second-order valence-corrected chi connectivity index (χ2v) is 6.21. The van der Waals surface area contributed by atoms with E-state index in [0.29, 0.717) is 31.7 Å². The average Bonchev–Trinajstić information content (AvgIpc) is 2.60. The summed E-state index contributed by atoms with van der Waals surface area (Å²) in [6.07, 6.45) is 6.84. The molecule has 4 heteroatoms. The van der Waals surface area contributed by atoms with E-state index in [1.54, 1.807) is 0 Å². The molecule has 0 aromatic rings. The molecule has 1 fully saturated rings. The van der Waals surface area contributed by atoms with Gasteiger partial charge in [0.2, 0.25) is 5.91 Å². The third-order valence-corrected chi connectivity index (χ3v) is 4.09. The highest BCUT2D eigenvalue weighted by molar-refractivity contribution is 5.79. The van der Waals surface area contributed by atoms with Gasteiger partial charge < -0.3 is 10.4 Å². The zero-order valence-corrected chi connectivity index (χ0v) is 12.2. The van der Waals surface area contributed by atoms with Gasteiger partial charge in [-0.25, -0.2) is 0 Å². The van der Waals surface area contributed by atoms with E-state index >= 15 is 0 Å². The van der Waals surface area contributed by atoms with Gasteiger partial charge in [0.1, 0.15) is 0 Å². The minimum absolute atomic E-state index is 0.0152. The molecule has 0 aromatic heterocycles. The monoisotopic (exact) mass is 269 g/mol. The van der Waals surface area contributed by atoms with Gasteiger partial charge in [-0.1, -0.05) is 39.5 Å². The van der Waals surface area contributed by atoms with Crippen LogP contribution in [0.2, 0.25) is 0 Å². The summed E-state index contributed by atoms with van der Waals surface area (Å²) in [5.74, 6) is -0.269. The molecule has 2 N–H and O–H groups in total. The summed E-state index contributed by atoms with van der Waals surface area (Å²) in [6, 6.07) is 0. The van der Waals surface area contributed by atoms with E-state index in [4.69, 9.17) is 0 Å². The predicted octanol–water partition coefficient (Wildman–Crippen LogP) is 2.96. The van der Waals surface area contributed by atoms with Crippen molar-refractivity contribution in [3.05, 3.63) is 0 Å². The number of hydrogen-bond acceptors (Lipinski definition) is 2. The number of aliphatic carboxylic acids is 1. The molecule has 1 rings (SSSR count). The Kier molecular flexibility index (Phi) is 6.32. The minimum Gasteiger partial charge on any atom is -0.481 e. The van der Waals surface area contributed by atoms with Crippen molar-refractivity contribution in [1.82, 2.24) is 5.32 Å². The van der Waals surface area contributed by atoms with Gasteiger partial charge in [0.05, 0.1) is 5.41 Å². The Balaban J connectivity index is 2.49. The molecule has 0 radical (unpaired) electrons. The number of nitrogens with one attached hydrogen (secondary N) is 1. The molecule has 4 nitrogen and oxygen atoms in total. The van der Waals surface area contributed by atoms with Crippen LogP contribution in [0.4, 0.5) is 0 Å². The van der Waals surface area contributed by atoms with Gasteiger partial charge in [0.25, 0.3) is 0 Å². The number of hydrogen-bond donors (Lipinski definition) is 2. The van der Waals surface area contributed by atoms with Crippen molar-refractivity contribution >= 4 is 11.9 Å². The summed E-state index contributed by atoms with van der Waals surface area (Å²) in [6.45, 7) is 4.45. The first-order valence-corrected chi connectivity index (χ1v) is 7.46. The van der Waals surface area contributed by atoms with Gasteiger partial charge in [-0.05, 0) is 25.2 Å². The van der Waals surface area contributed by atoms with Crippen LogP contribution < -0.4 is 5.32 Å². The molecular formula is C15H27NO3. The Morgan fingerprint density at radius 2 is 1.74 bits per heavy atom. The molecule has 0 aromatic carbocycles. The first kappa shape index (κ1) is 16.0. The maximum Gasteiger partial charge on any atom is 0.311 e. The number of carbonyl (C=O) groups excluding carboxylic acids is 1. The van der Waals surface area contributed by atoms with E-state index < -0.39 is 11.4 Å². The summed E-state index contributed by atoms with van der Waals surface area (Å²) in [7, 11) is 0. The molecule has 0 spiro atoms. The van der Waals surface area contributed by atoms with E-state index in [0.717, 1.165) is 32.1 Å². The van der Waals surface area contributed by atoms with Crippen molar-refractivity contribution in [2.24, 2.45) is 11.3 Å². The van der Waals surface area contributed by atoms with Gasteiger partial charge in [-0.2, -0.15) is 0 Å². The van der Waals surface area contributed by atoms with E-state index in [1.807, 2.05) is 0 Å². The Bertz CT molecular complexity index is 305. The van der Waals surface area contributed by atoms with E-state index in [-0.39, 0.29) is 5.91 Å². The molecule has 1 saturated carbocycles. The predicted molar refractivity (Wildman–Crippen MR) is 74.9 cm³/mol. The largest absolute Gasteiger partial charge is 0.481 e. The van der Waals surface area contributed by atoms with Crippen LogP contribution in [0.3, 0.4) is 0 Å². The molecule has 0 heterocycles. The van der Waals surface area contributed by atoms with Crippen LogP contribution in [-0.2, 0) is 9.59 Å². The smallest absolute Gasteiger partial charge is 0.311 e. The highest BCUT2D eigenvalue weighted by atomic mass is 16.4. The van der Waals surface area contributed by atoms with Crippen molar-refractivity contribution in [2.75, 3.05) is 6.54 Å². The lowest BCUT2D eigenvalue weighted by Gasteiger charge is -2.28. The maximum absolute atomic E-state index is 11.7. The summed E-state index contributed by atoms with van der Waals surface area (Å²) in [4.78, 5) is 23.3. The fourth-order valence-corrected chi connectivity index (χ4v) is 2.65. The molecule has 0 saturated heterocycles. The second-order valence-electron chi connectivity index (χ2n) is 6.21. The standard InChI is InChI=1S/C15H27NO3/c1-12(2)7-8-13(17)16-11-15(14(18)19)9-5-3-4-6-10-15/h12H,3-11H2,1-2H3,(H,16,17)(H,18,19). The van der Waals surface area contributed by atoms with Crippen LogP contribution >= 0.6 is 0 Å². The minimum atomic E-state index is -0.751. The highest BCUT2D eigenvalue weighted by Gasteiger charge is 2.38. The van der Waals surface area contributed by atoms with Gasteiger partial charge in [0, 0.05) is 13.0 Å². The lowest BCUT2D eigenvalue weighted by molar-refractivity contribution is -0.149. The maximum atomic E-state index is 11.7. The molecule has 0 atom stereocenters. The van der Waals surface area contributed by atoms with Crippen LogP contribution in [0.5, 0.6) is 0 Å². The third-order valence-electron chi connectivity index (χ3n) is 4.09.